The van der Waals surface area contributed by atoms with Crippen molar-refractivity contribution in [3.8, 4) is 5.75 Å². The topological polar surface area (TPSA) is 55.5 Å². The minimum absolute atomic E-state index is 0.108. The van der Waals surface area contributed by atoms with Gasteiger partial charge < -0.3 is 15.6 Å². The molecule has 1 aromatic rings. The first kappa shape index (κ1) is 12.0. The predicted molar refractivity (Wildman–Crippen MR) is 60.8 cm³/mol. The average Bonchev–Trinajstić information content (AvgIpc) is 2.18. The zero-order valence-corrected chi connectivity index (χ0v) is 9.31. The first-order valence-corrected chi connectivity index (χ1v) is 5.29. The lowest BCUT2D eigenvalue weighted by molar-refractivity contribution is 0.159. The molecule has 0 aliphatic heterocycles. The van der Waals surface area contributed by atoms with Crippen molar-refractivity contribution in [2.24, 2.45) is 5.73 Å². The van der Waals surface area contributed by atoms with Crippen LogP contribution in [0.4, 0.5) is 0 Å². The molecule has 3 N–H and O–H groups in total. The molecule has 0 fully saturated rings. The van der Waals surface area contributed by atoms with Crippen molar-refractivity contribution in [2.45, 2.75) is 32.5 Å². The Morgan fingerprint density at radius 2 is 2.00 bits per heavy atom. The highest BCUT2D eigenvalue weighted by Gasteiger charge is 2.12. The third-order valence-electron chi connectivity index (χ3n) is 2.08. The molecule has 0 saturated carbocycles. The fourth-order valence-electron chi connectivity index (χ4n) is 1.43. The van der Waals surface area contributed by atoms with Crippen LogP contribution in [0.25, 0.3) is 0 Å². The van der Waals surface area contributed by atoms with E-state index in [9.17, 15) is 5.11 Å². The van der Waals surface area contributed by atoms with Crippen molar-refractivity contribution in [3.05, 3.63) is 29.8 Å². The van der Waals surface area contributed by atoms with Crippen molar-refractivity contribution in [2.75, 3.05) is 6.54 Å². The first-order valence-electron chi connectivity index (χ1n) is 5.29. The minimum Gasteiger partial charge on any atom is -0.491 e. The lowest BCUT2D eigenvalue weighted by atomic mass is 10.1. The Morgan fingerprint density at radius 1 is 1.33 bits per heavy atom. The normalized spacial score (nSPS) is 12.9. The monoisotopic (exact) mass is 209 g/mol. The molecular weight excluding hydrogens is 190 g/mol. The van der Waals surface area contributed by atoms with Gasteiger partial charge in [-0.3, -0.25) is 0 Å². The zero-order valence-electron chi connectivity index (χ0n) is 9.31. The van der Waals surface area contributed by atoms with Gasteiger partial charge in [0.25, 0.3) is 0 Å². The van der Waals surface area contributed by atoms with Gasteiger partial charge in [-0.2, -0.15) is 0 Å². The van der Waals surface area contributed by atoms with E-state index in [4.69, 9.17) is 10.5 Å². The molecule has 1 aromatic carbocycles. The molecule has 0 spiro atoms. The van der Waals surface area contributed by atoms with Gasteiger partial charge in [0.1, 0.15) is 5.75 Å². The maximum Gasteiger partial charge on any atom is 0.125 e. The number of hydrogen-bond donors (Lipinski definition) is 2. The van der Waals surface area contributed by atoms with Crippen LogP contribution in [-0.2, 0) is 0 Å². The molecule has 84 valence electrons. The number of benzene rings is 1. The highest BCUT2D eigenvalue weighted by atomic mass is 16.5. The van der Waals surface area contributed by atoms with Crippen LogP contribution in [0.15, 0.2) is 24.3 Å². The second kappa shape index (κ2) is 5.73. The van der Waals surface area contributed by atoms with Crippen molar-refractivity contribution >= 4 is 0 Å². The molecule has 0 heterocycles. The van der Waals surface area contributed by atoms with Crippen molar-refractivity contribution < 1.29 is 9.84 Å². The largest absolute Gasteiger partial charge is 0.491 e. The van der Waals surface area contributed by atoms with E-state index in [1.165, 1.54) is 0 Å². The Balaban J connectivity index is 2.85. The van der Waals surface area contributed by atoms with Gasteiger partial charge >= 0.3 is 0 Å². The summed E-state index contributed by atoms with van der Waals surface area (Å²) in [5.41, 5.74) is 6.23. The number of para-hydroxylation sites is 1. The Bertz CT molecular complexity index is 299. The smallest absolute Gasteiger partial charge is 0.125 e. The Hall–Kier alpha value is -1.06. The van der Waals surface area contributed by atoms with Crippen molar-refractivity contribution in [1.82, 2.24) is 0 Å². The van der Waals surface area contributed by atoms with E-state index >= 15 is 0 Å². The Kier molecular flexibility index (Phi) is 4.59. The highest BCUT2D eigenvalue weighted by Crippen LogP contribution is 2.27. The van der Waals surface area contributed by atoms with E-state index in [1.54, 1.807) is 0 Å². The third kappa shape index (κ3) is 3.53. The molecule has 0 amide bonds. The predicted octanol–water partition coefficient (Wildman–Crippen LogP) is 1.86. The quantitative estimate of drug-likeness (QED) is 0.778. The van der Waals surface area contributed by atoms with Gasteiger partial charge in [-0.05, 0) is 32.9 Å². The van der Waals surface area contributed by atoms with Gasteiger partial charge in [0, 0.05) is 5.56 Å². The van der Waals surface area contributed by atoms with Crippen LogP contribution in [0.3, 0.4) is 0 Å². The molecule has 1 atom stereocenters. The Labute approximate surface area is 90.9 Å². The molecule has 15 heavy (non-hydrogen) atoms. The van der Waals surface area contributed by atoms with Crippen LogP contribution < -0.4 is 10.5 Å². The van der Waals surface area contributed by atoms with Crippen LogP contribution in [0, 0.1) is 0 Å². The molecule has 3 heteroatoms. The van der Waals surface area contributed by atoms with Gasteiger partial charge in [-0.25, -0.2) is 0 Å². The number of nitrogens with two attached hydrogens (primary N) is 1. The van der Waals surface area contributed by atoms with E-state index in [0.717, 1.165) is 11.3 Å². The standard InChI is InChI=1S/C12H19NO2/c1-9(2)15-12-6-4-3-5-10(12)11(14)7-8-13/h3-6,9,11,14H,7-8,13H2,1-2H3. The number of ether oxygens (including phenoxy) is 1. The van der Waals surface area contributed by atoms with Crippen LogP contribution >= 0.6 is 0 Å². The number of aliphatic hydroxyl groups excluding tert-OH is 1. The molecule has 1 unspecified atom stereocenters. The summed E-state index contributed by atoms with van der Waals surface area (Å²) in [5.74, 6) is 0.744. The van der Waals surface area contributed by atoms with E-state index in [0.29, 0.717) is 13.0 Å². The summed E-state index contributed by atoms with van der Waals surface area (Å²) >= 11 is 0. The molecule has 0 saturated heterocycles. The molecular formula is C12H19NO2. The van der Waals surface area contributed by atoms with Crippen molar-refractivity contribution in [1.29, 1.82) is 0 Å². The van der Waals surface area contributed by atoms with Crippen LogP contribution in [0.5, 0.6) is 5.75 Å². The fraction of sp³-hybridized carbons (Fsp3) is 0.500. The summed E-state index contributed by atoms with van der Waals surface area (Å²) < 4.78 is 5.61. The van der Waals surface area contributed by atoms with E-state index in [1.807, 2.05) is 38.1 Å². The lowest BCUT2D eigenvalue weighted by Crippen LogP contribution is -2.11. The third-order valence-corrected chi connectivity index (χ3v) is 2.08. The van der Waals surface area contributed by atoms with Gasteiger partial charge in [-0.15, -0.1) is 0 Å². The summed E-state index contributed by atoms with van der Waals surface area (Å²) in [6.45, 7) is 4.40. The number of aliphatic hydroxyl groups is 1. The molecule has 1 rings (SSSR count). The van der Waals surface area contributed by atoms with E-state index < -0.39 is 6.10 Å². The SMILES string of the molecule is CC(C)Oc1ccccc1C(O)CCN. The van der Waals surface area contributed by atoms with Crippen molar-refractivity contribution in [3.63, 3.8) is 0 Å². The molecule has 0 aromatic heterocycles. The van der Waals surface area contributed by atoms with Gasteiger partial charge in [-0.1, -0.05) is 18.2 Å². The minimum atomic E-state index is -0.537. The van der Waals surface area contributed by atoms with Gasteiger partial charge in [0.15, 0.2) is 0 Å². The maximum absolute atomic E-state index is 9.85. The van der Waals surface area contributed by atoms with Crippen LogP contribution in [0.2, 0.25) is 0 Å². The second-order valence-electron chi connectivity index (χ2n) is 3.80. The average molecular weight is 209 g/mol. The molecule has 3 nitrogen and oxygen atoms in total. The van der Waals surface area contributed by atoms with Gasteiger partial charge in [0.2, 0.25) is 0 Å². The highest BCUT2D eigenvalue weighted by molar-refractivity contribution is 5.35. The zero-order chi connectivity index (χ0) is 11.3. The Morgan fingerprint density at radius 3 is 2.60 bits per heavy atom. The molecule has 0 bridgehead atoms. The second-order valence-corrected chi connectivity index (χ2v) is 3.80. The van der Waals surface area contributed by atoms with Crippen LogP contribution in [0.1, 0.15) is 31.9 Å². The number of hydrogen-bond acceptors (Lipinski definition) is 3. The first-order chi connectivity index (χ1) is 7.15. The van der Waals surface area contributed by atoms with Crippen LogP contribution in [-0.4, -0.2) is 17.8 Å². The van der Waals surface area contributed by atoms with E-state index in [2.05, 4.69) is 0 Å². The maximum atomic E-state index is 9.85. The lowest BCUT2D eigenvalue weighted by Gasteiger charge is -2.17. The number of rotatable bonds is 5. The summed E-state index contributed by atoms with van der Waals surface area (Å²) in [4.78, 5) is 0. The summed E-state index contributed by atoms with van der Waals surface area (Å²) in [7, 11) is 0. The summed E-state index contributed by atoms with van der Waals surface area (Å²) in [6, 6.07) is 7.53. The molecule has 0 aliphatic rings. The summed E-state index contributed by atoms with van der Waals surface area (Å²) in [6.07, 6.45) is 0.125. The summed E-state index contributed by atoms with van der Waals surface area (Å²) in [5, 5.41) is 9.85. The van der Waals surface area contributed by atoms with Gasteiger partial charge in [0.05, 0.1) is 12.2 Å². The molecule has 0 radical (unpaired) electrons. The molecule has 0 aliphatic carbocycles. The fourth-order valence-corrected chi connectivity index (χ4v) is 1.43. The van der Waals surface area contributed by atoms with E-state index in [-0.39, 0.29) is 6.10 Å².